The van der Waals surface area contributed by atoms with E-state index in [-0.39, 0.29) is 0 Å². The quantitative estimate of drug-likeness (QED) is 0.175. The van der Waals surface area contributed by atoms with Gasteiger partial charge in [0.2, 0.25) is 0 Å². The van der Waals surface area contributed by atoms with Crippen molar-refractivity contribution in [1.82, 2.24) is 0 Å². The minimum Gasteiger partial charge on any atom is -0.242 e. The van der Waals surface area contributed by atoms with E-state index in [4.69, 9.17) is 4.99 Å². The molecule has 0 saturated carbocycles. The van der Waals surface area contributed by atoms with Gasteiger partial charge in [0.1, 0.15) is 5.04 Å². The first kappa shape index (κ1) is 20.3. The van der Waals surface area contributed by atoms with E-state index in [1.807, 2.05) is 48.5 Å². The molecule has 0 heterocycles. The van der Waals surface area contributed by atoms with Crippen LogP contribution in [-0.2, 0) is 0 Å². The maximum Gasteiger partial charge on any atom is 0.103 e. The molecule has 30 heavy (non-hydrogen) atoms. The smallest absolute Gasteiger partial charge is 0.103 e. The molecule has 0 aliphatic carbocycles. The van der Waals surface area contributed by atoms with Crippen LogP contribution in [0.15, 0.2) is 142 Å². The summed E-state index contributed by atoms with van der Waals surface area (Å²) in [4.78, 5) is 8.49. The Morgan fingerprint density at radius 3 is 1.57 bits per heavy atom. The first-order valence-corrected chi connectivity index (χ1v) is 11.4. The highest BCUT2D eigenvalue weighted by molar-refractivity contribution is 8.14. The van der Waals surface area contributed by atoms with E-state index in [1.54, 1.807) is 23.5 Å². The highest BCUT2D eigenvalue weighted by atomic mass is 32.2. The first-order valence-electron chi connectivity index (χ1n) is 9.73. The van der Waals surface area contributed by atoms with E-state index in [0.29, 0.717) is 0 Å². The average Bonchev–Trinajstić information content (AvgIpc) is 2.81. The maximum absolute atomic E-state index is 4.95. The number of thioether (sulfide) groups is 2. The topological polar surface area (TPSA) is 12.4 Å². The zero-order chi connectivity index (χ0) is 20.4. The van der Waals surface area contributed by atoms with Gasteiger partial charge in [-0.2, -0.15) is 0 Å². The van der Waals surface area contributed by atoms with Crippen LogP contribution in [0.2, 0.25) is 0 Å². The molecular weight excluding hydrogens is 402 g/mol. The average molecular weight is 424 g/mol. The molecule has 4 rings (SSSR count). The molecule has 0 amide bonds. The predicted octanol–water partition coefficient (Wildman–Crippen LogP) is 8.34. The SMILES string of the molecule is C(=C(Sc1ccccc1)c1ccccc1)C(=Nc1ccccc1)Sc1ccccc1. The fourth-order valence-corrected chi connectivity index (χ4v) is 4.73. The summed E-state index contributed by atoms with van der Waals surface area (Å²) in [6.07, 6.45) is 2.19. The lowest BCUT2D eigenvalue weighted by Gasteiger charge is -2.10. The van der Waals surface area contributed by atoms with Crippen LogP contribution in [-0.4, -0.2) is 5.04 Å². The first-order chi connectivity index (χ1) is 14.9. The Morgan fingerprint density at radius 1 is 0.533 bits per heavy atom. The number of nitrogens with zero attached hydrogens (tertiary/aromatic N) is 1. The molecule has 0 radical (unpaired) electrons. The molecular formula is C27H21NS2. The van der Waals surface area contributed by atoms with Crippen LogP contribution in [0.3, 0.4) is 0 Å². The molecule has 1 nitrogen and oxygen atoms in total. The Bertz CT molecular complexity index is 1110. The normalized spacial score (nSPS) is 12.0. The van der Waals surface area contributed by atoms with Gasteiger partial charge in [0, 0.05) is 14.7 Å². The molecule has 0 unspecified atom stereocenters. The van der Waals surface area contributed by atoms with Gasteiger partial charge in [-0.1, -0.05) is 108 Å². The maximum atomic E-state index is 4.95. The van der Waals surface area contributed by atoms with E-state index in [0.717, 1.165) is 10.7 Å². The van der Waals surface area contributed by atoms with Crippen molar-refractivity contribution in [3.05, 3.63) is 133 Å². The van der Waals surface area contributed by atoms with Crippen molar-refractivity contribution in [3.63, 3.8) is 0 Å². The van der Waals surface area contributed by atoms with E-state index in [9.17, 15) is 0 Å². The summed E-state index contributed by atoms with van der Waals surface area (Å²) < 4.78 is 0. The highest BCUT2D eigenvalue weighted by Crippen LogP contribution is 2.36. The van der Waals surface area contributed by atoms with E-state index >= 15 is 0 Å². The molecule has 0 N–H and O–H groups in total. The minimum atomic E-state index is 0.948. The molecule has 0 saturated heterocycles. The van der Waals surface area contributed by atoms with Gasteiger partial charge in [0.15, 0.2) is 0 Å². The van der Waals surface area contributed by atoms with Gasteiger partial charge in [-0.3, -0.25) is 0 Å². The molecule has 146 valence electrons. The van der Waals surface area contributed by atoms with Crippen molar-refractivity contribution < 1.29 is 0 Å². The van der Waals surface area contributed by atoms with E-state index in [1.165, 1.54) is 20.3 Å². The van der Waals surface area contributed by atoms with Crippen molar-refractivity contribution in [2.75, 3.05) is 0 Å². The Labute approximate surface area is 186 Å². The third-order valence-corrected chi connectivity index (χ3v) is 6.25. The molecule has 0 bridgehead atoms. The lowest BCUT2D eigenvalue weighted by atomic mass is 10.2. The summed E-state index contributed by atoms with van der Waals surface area (Å²) in [5, 5.41) is 0.953. The minimum absolute atomic E-state index is 0.948. The van der Waals surface area contributed by atoms with E-state index in [2.05, 4.69) is 78.9 Å². The zero-order valence-electron chi connectivity index (χ0n) is 16.4. The standard InChI is InChI=1S/C27H21NS2/c1-5-13-22(14-6-1)26(29-24-17-9-3-10-18-24)21-27(28-23-15-7-2-8-16-23)30-25-19-11-4-12-20-25/h1-21H. The Kier molecular flexibility index (Phi) is 7.21. The largest absolute Gasteiger partial charge is 0.242 e. The number of rotatable bonds is 6. The summed E-state index contributed by atoms with van der Waals surface area (Å²) in [7, 11) is 0. The molecule has 4 aromatic carbocycles. The van der Waals surface area contributed by atoms with Crippen LogP contribution in [0, 0.1) is 0 Å². The monoisotopic (exact) mass is 423 g/mol. The van der Waals surface area contributed by atoms with Crippen molar-refractivity contribution in [2.24, 2.45) is 4.99 Å². The molecule has 0 aliphatic rings. The van der Waals surface area contributed by atoms with Crippen LogP contribution in [0.1, 0.15) is 5.56 Å². The van der Waals surface area contributed by atoms with Crippen LogP contribution < -0.4 is 0 Å². The van der Waals surface area contributed by atoms with Gasteiger partial charge < -0.3 is 0 Å². The summed E-state index contributed by atoms with van der Waals surface area (Å²) in [6, 6.07) is 41.5. The number of hydrogen-bond acceptors (Lipinski definition) is 3. The van der Waals surface area contributed by atoms with Crippen LogP contribution >= 0.6 is 23.5 Å². The molecule has 0 aromatic heterocycles. The number of para-hydroxylation sites is 1. The lowest BCUT2D eigenvalue weighted by molar-refractivity contribution is 1.47. The van der Waals surface area contributed by atoms with Gasteiger partial charge >= 0.3 is 0 Å². The molecule has 0 atom stereocenters. The van der Waals surface area contributed by atoms with E-state index < -0.39 is 0 Å². The van der Waals surface area contributed by atoms with Crippen LogP contribution in [0.5, 0.6) is 0 Å². The van der Waals surface area contributed by atoms with Gasteiger partial charge in [0.25, 0.3) is 0 Å². The van der Waals surface area contributed by atoms with Crippen LogP contribution in [0.4, 0.5) is 5.69 Å². The Hall–Kier alpha value is -3.01. The van der Waals surface area contributed by atoms with Gasteiger partial charge in [-0.25, -0.2) is 4.99 Å². The Morgan fingerprint density at radius 2 is 1.00 bits per heavy atom. The highest BCUT2D eigenvalue weighted by Gasteiger charge is 2.08. The fourth-order valence-electron chi connectivity index (χ4n) is 2.83. The third kappa shape index (κ3) is 5.99. The predicted molar refractivity (Wildman–Crippen MR) is 133 cm³/mol. The van der Waals surface area contributed by atoms with Crippen molar-refractivity contribution >= 4 is 39.2 Å². The fraction of sp³-hybridized carbons (Fsp3) is 0. The van der Waals surface area contributed by atoms with Gasteiger partial charge in [0.05, 0.1) is 5.69 Å². The van der Waals surface area contributed by atoms with Gasteiger partial charge in [-0.05, 0) is 48.0 Å². The van der Waals surface area contributed by atoms with Crippen LogP contribution in [0.25, 0.3) is 4.91 Å². The summed E-state index contributed by atoms with van der Waals surface area (Å²) in [5.74, 6) is 0. The molecule has 3 heteroatoms. The summed E-state index contributed by atoms with van der Waals surface area (Å²) in [6.45, 7) is 0. The van der Waals surface area contributed by atoms with Crippen molar-refractivity contribution in [3.8, 4) is 0 Å². The number of hydrogen-bond donors (Lipinski definition) is 0. The molecule has 0 aliphatic heterocycles. The second-order valence-electron chi connectivity index (χ2n) is 6.49. The lowest BCUT2D eigenvalue weighted by Crippen LogP contribution is -1.90. The van der Waals surface area contributed by atoms with Gasteiger partial charge in [-0.15, -0.1) is 0 Å². The second kappa shape index (κ2) is 10.7. The number of aliphatic imine (C=N–C) groups is 1. The zero-order valence-corrected chi connectivity index (χ0v) is 18.0. The molecule has 0 fully saturated rings. The second-order valence-corrected chi connectivity index (χ2v) is 8.70. The molecule has 0 spiro atoms. The van der Waals surface area contributed by atoms with Crippen molar-refractivity contribution in [2.45, 2.75) is 9.79 Å². The summed E-state index contributed by atoms with van der Waals surface area (Å²) in [5.41, 5.74) is 2.13. The molecule has 4 aromatic rings. The third-order valence-electron chi connectivity index (χ3n) is 4.25. The number of benzene rings is 4. The Balaban J connectivity index is 1.76. The summed E-state index contributed by atoms with van der Waals surface area (Å²) >= 11 is 3.44. The van der Waals surface area contributed by atoms with Crippen molar-refractivity contribution in [1.29, 1.82) is 0 Å².